The fraction of sp³-hybridized carbons (Fsp3) is 0.917. The molecule has 1 aliphatic heterocycles. The Hall–Kier alpha value is -0.770. The standard InChI is InChI=1S/C12H25N3O/c1-4-14(2)12(16)15(3)10-7-11-5-8-13-9-6-11/h11,13H,4-10H2,1-3H3. The molecular formula is C12H25N3O. The molecule has 1 aliphatic rings. The lowest BCUT2D eigenvalue weighted by Crippen LogP contribution is -2.40. The van der Waals surface area contributed by atoms with E-state index in [0.717, 1.165) is 38.5 Å². The summed E-state index contributed by atoms with van der Waals surface area (Å²) in [7, 11) is 3.75. The van der Waals surface area contributed by atoms with E-state index in [9.17, 15) is 4.79 Å². The molecule has 2 amide bonds. The number of carbonyl (C=O) groups is 1. The number of hydrogen-bond acceptors (Lipinski definition) is 2. The van der Waals surface area contributed by atoms with Gasteiger partial charge in [-0.1, -0.05) is 0 Å². The van der Waals surface area contributed by atoms with Crippen LogP contribution in [0.25, 0.3) is 0 Å². The predicted molar refractivity (Wildman–Crippen MR) is 66.5 cm³/mol. The van der Waals surface area contributed by atoms with Crippen molar-refractivity contribution in [2.75, 3.05) is 40.3 Å². The molecule has 4 nitrogen and oxygen atoms in total. The van der Waals surface area contributed by atoms with E-state index in [0.29, 0.717) is 0 Å². The average molecular weight is 227 g/mol. The first-order chi connectivity index (χ1) is 7.65. The molecule has 0 unspecified atom stereocenters. The number of hydrogen-bond donors (Lipinski definition) is 1. The maximum atomic E-state index is 11.8. The second-order valence-corrected chi connectivity index (χ2v) is 4.70. The molecule has 0 saturated carbocycles. The molecule has 1 rings (SSSR count). The van der Waals surface area contributed by atoms with Gasteiger partial charge in [-0.05, 0) is 45.2 Å². The van der Waals surface area contributed by atoms with Gasteiger partial charge < -0.3 is 15.1 Å². The van der Waals surface area contributed by atoms with Gasteiger partial charge in [0.1, 0.15) is 0 Å². The van der Waals surface area contributed by atoms with E-state index in [4.69, 9.17) is 0 Å². The Kier molecular flexibility index (Phi) is 5.60. The first-order valence-electron chi connectivity index (χ1n) is 6.32. The second kappa shape index (κ2) is 6.74. The molecule has 0 aromatic rings. The third-order valence-electron chi connectivity index (χ3n) is 3.46. The molecule has 1 N–H and O–H groups in total. The van der Waals surface area contributed by atoms with E-state index in [1.807, 2.05) is 25.9 Å². The van der Waals surface area contributed by atoms with Gasteiger partial charge in [-0.3, -0.25) is 0 Å². The highest BCUT2D eigenvalue weighted by Gasteiger charge is 2.16. The maximum absolute atomic E-state index is 11.8. The highest BCUT2D eigenvalue weighted by atomic mass is 16.2. The van der Waals surface area contributed by atoms with Crippen LogP contribution in [0.2, 0.25) is 0 Å². The van der Waals surface area contributed by atoms with E-state index >= 15 is 0 Å². The normalized spacial score (nSPS) is 17.2. The lowest BCUT2D eigenvalue weighted by molar-refractivity contribution is 0.170. The van der Waals surface area contributed by atoms with Crippen LogP contribution in [-0.2, 0) is 0 Å². The summed E-state index contributed by atoms with van der Waals surface area (Å²) in [5, 5.41) is 3.36. The molecule has 1 saturated heterocycles. The van der Waals surface area contributed by atoms with Crippen molar-refractivity contribution >= 4 is 6.03 Å². The fourth-order valence-electron chi connectivity index (χ4n) is 2.07. The van der Waals surface area contributed by atoms with Crippen LogP contribution >= 0.6 is 0 Å². The van der Waals surface area contributed by atoms with Crippen LogP contribution in [0.15, 0.2) is 0 Å². The van der Waals surface area contributed by atoms with E-state index in [-0.39, 0.29) is 6.03 Å². The quantitative estimate of drug-likeness (QED) is 0.787. The molecule has 4 heteroatoms. The Labute approximate surface area is 99.0 Å². The Morgan fingerprint density at radius 1 is 1.25 bits per heavy atom. The van der Waals surface area contributed by atoms with Crippen molar-refractivity contribution in [1.29, 1.82) is 0 Å². The second-order valence-electron chi connectivity index (χ2n) is 4.70. The molecule has 0 radical (unpaired) electrons. The molecule has 0 bridgehead atoms. The summed E-state index contributed by atoms with van der Waals surface area (Å²) in [4.78, 5) is 15.4. The van der Waals surface area contributed by atoms with Crippen molar-refractivity contribution in [3.63, 3.8) is 0 Å². The number of rotatable bonds is 4. The first-order valence-corrected chi connectivity index (χ1v) is 6.32. The number of urea groups is 1. The number of piperidine rings is 1. The topological polar surface area (TPSA) is 35.6 Å². The van der Waals surface area contributed by atoms with E-state index < -0.39 is 0 Å². The summed E-state index contributed by atoms with van der Waals surface area (Å²) in [6, 6.07) is 0.136. The zero-order chi connectivity index (χ0) is 12.0. The molecular weight excluding hydrogens is 202 g/mol. The van der Waals surface area contributed by atoms with Gasteiger partial charge in [-0.2, -0.15) is 0 Å². The van der Waals surface area contributed by atoms with Crippen molar-refractivity contribution in [1.82, 2.24) is 15.1 Å². The van der Waals surface area contributed by atoms with Crippen molar-refractivity contribution < 1.29 is 4.79 Å². The Bertz CT molecular complexity index is 214. The summed E-state index contributed by atoms with van der Waals surface area (Å²) < 4.78 is 0. The summed E-state index contributed by atoms with van der Waals surface area (Å²) in [6.45, 7) is 5.93. The Morgan fingerprint density at radius 2 is 1.88 bits per heavy atom. The molecule has 1 heterocycles. The number of amides is 2. The molecule has 0 atom stereocenters. The van der Waals surface area contributed by atoms with Crippen molar-refractivity contribution in [2.24, 2.45) is 5.92 Å². The summed E-state index contributed by atoms with van der Waals surface area (Å²) in [5.41, 5.74) is 0. The summed E-state index contributed by atoms with van der Waals surface area (Å²) in [5.74, 6) is 0.795. The molecule has 94 valence electrons. The van der Waals surface area contributed by atoms with Gasteiger partial charge in [0.05, 0.1) is 0 Å². The third-order valence-corrected chi connectivity index (χ3v) is 3.46. The zero-order valence-corrected chi connectivity index (χ0v) is 10.8. The summed E-state index contributed by atoms with van der Waals surface area (Å²) in [6.07, 6.45) is 3.65. The third kappa shape index (κ3) is 4.00. The van der Waals surface area contributed by atoms with Gasteiger partial charge in [-0.25, -0.2) is 4.79 Å². The van der Waals surface area contributed by atoms with Gasteiger partial charge in [-0.15, -0.1) is 0 Å². The van der Waals surface area contributed by atoms with Crippen molar-refractivity contribution in [3.8, 4) is 0 Å². The molecule has 0 aromatic heterocycles. The largest absolute Gasteiger partial charge is 0.328 e. The Balaban J connectivity index is 2.22. The van der Waals surface area contributed by atoms with E-state index in [2.05, 4.69) is 5.32 Å². The van der Waals surface area contributed by atoms with Crippen LogP contribution in [-0.4, -0.2) is 56.1 Å². The molecule has 0 aliphatic carbocycles. The van der Waals surface area contributed by atoms with Gasteiger partial charge in [0.25, 0.3) is 0 Å². The highest BCUT2D eigenvalue weighted by molar-refractivity contribution is 5.73. The van der Waals surface area contributed by atoms with Crippen molar-refractivity contribution in [3.05, 3.63) is 0 Å². The summed E-state index contributed by atoms with van der Waals surface area (Å²) >= 11 is 0. The van der Waals surface area contributed by atoms with E-state index in [1.54, 1.807) is 4.90 Å². The molecule has 1 fully saturated rings. The number of nitrogens with zero attached hydrogens (tertiary/aromatic N) is 2. The monoisotopic (exact) mass is 227 g/mol. The number of nitrogens with one attached hydrogen (secondary N) is 1. The van der Waals surface area contributed by atoms with Gasteiger partial charge in [0.15, 0.2) is 0 Å². The molecule has 0 spiro atoms. The maximum Gasteiger partial charge on any atom is 0.319 e. The molecule has 0 aromatic carbocycles. The van der Waals surface area contributed by atoms with Gasteiger partial charge in [0.2, 0.25) is 0 Å². The lowest BCUT2D eigenvalue weighted by atomic mass is 9.94. The highest BCUT2D eigenvalue weighted by Crippen LogP contribution is 2.16. The van der Waals surface area contributed by atoms with Crippen LogP contribution in [0.1, 0.15) is 26.2 Å². The Morgan fingerprint density at radius 3 is 2.44 bits per heavy atom. The van der Waals surface area contributed by atoms with Crippen molar-refractivity contribution in [2.45, 2.75) is 26.2 Å². The van der Waals surface area contributed by atoms with Gasteiger partial charge in [0, 0.05) is 27.2 Å². The van der Waals surface area contributed by atoms with Crippen LogP contribution in [0.4, 0.5) is 4.79 Å². The first kappa shape index (κ1) is 13.3. The smallest absolute Gasteiger partial charge is 0.319 e. The minimum absolute atomic E-state index is 0.136. The minimum Gasteiger partial charge on any atom is -0.328 e. The lowest BCUT2D eigenvalue weighted by Gasteiger charge is -2.27. The zero-order valence-electron chi connectivity index (χ0n) is 10.8. The van der Waals surface area contributed by atoms with Crippen LogP contribution < -0.4 is 5.32 Å². The number of carbonyl (C=O) groups excluding carboxylic acids is 1. The van der Waals surface area contributed by atoms with Gasteiger partial charge >= 0.3 is 6.03 Å². The van der Waals surface area contributed by atoms with Crippen LogP contribution in [0, 0.1) is 5.92 Å². The SMILES string of the molecule is CCN(C)C(=O)N(C)CCC1CCNCC1. The van der Waals surface area contributed by atoms with Crippen LogP contribution in [0.3, 0.4) is 0 Å². The fourth-order valence-corrected chi connectivity index (χ4v) is 2.07. The molecule has 16 heavy (non-hydrogen) atoms. The minimum atomic E-state index is 0.136. The van der Waals surface area contributed by atoms with E-state index in [1.165, 1.54) is 12.8 Å². The average Bonchev–Trinajstić information content (AvgIpc) is 2.35. The predicted octanol–water partition coefficient (Wildman–Crippen LogP) is 1.38. The van der Waals surface area contributed by atoms with Crippen LogP contribution in [0.5, 0.6) is 0 Å².